The van der Waals surface area contributed by atoms with E-state index in [1.165, 1.54) is 4.31 Å². The molecule has 2 aromatic rings. The van der Waals surface area contributed by atoms with E-state index in [1.54, 1.807) is 24.3 Å². The van der Waals surface area contributed by atoms with Crippen LogP contribution in [0, 0.1) is 0 Å². The molecule has 0 spiro atoms. The maximum atomic E-state index is 12.6. The predicted molar refractivity (Wildman–Crippen MR) is 116 cm³/mol. The van der Waals surface area contributed by atoms with E-state index in [4.69, 9.17) is 0 Å². The van der Waals surface area contributed by atoms with Gasteiger partial charge in [-0.25, -0.2) is 8.42 Å². The first-order chi connectivity index (χ1) is 13.3. The first kappa shape index (κ1) is 22.6. The second-order valence-electron chi connectivity index (χ2n) is 6.54. The monoisotopic (exact) mass is 466 g/mol. The number of halogens is 1. The second kappa shape index (κ2) is 10.2. The van der Waals surface area contributed by atoms with Crippen LogP contribution in [-0.4, -0.2) is 31.7 Å². The van der Waals surface area contributed by atoms with Crippen LogP contribution in [0.2, 0.25) is 0 Å². The summed E-state index contributed by atoms with van der Waals surface area (Å²) in [5.41, 5.74) is 1.96. The van der Waals surface area contributed by atoms with Crippen molar-refractivity contribution in [3.63, 3.8) is 0 Å². The summed E-state index contributed by atoms with van der Waals surface area (Å²) in [6.45, 7) is 6.40. The van der Waals surface area contributed by atoms with Gasteiger partial charge in [-0.3, -0.25) is 4.79 Å². The Balaban J connectivity index is 1.98. The number of carbonyl (C=O) groups is 1. The van der Waals surface area contributed by atoms with Crippen molar-refractivity contribution in [3.8, 4) is 0 Å². The number of carbonyl (C=O) groups excluding carboxylic acids is 1. The van der Waals surface area contributed by atoms with Crippen LogP contribution in [0.15, 0.2) is 57.9 Å². The van der Waals surface area contributed by atoms with Crippen LogP contribution < -0.4 is 5.32 Å². The minimum absolute atomic E-state index is 0.0388. The SMILES string of the molecule is CCN(CC)S(=O)(=O)c1ccc(C(C)NC(=O)CCc2ccccc2Br)cc1. The summed E-state index contributed by atoms with van der Waals surface area (Å²) in [6, 6.07) is 14.4. The number of amides is 1. The van der Waals surface area contributed by atoms with E-state index >= 15 is 0 Å². The van der Waals surface area contributed by atoms with Crippen molar-refractivity contribution in [1.29, 1.82) is 0 Å². The van der Waals surface area contributed by atoms with Crippen molar-refractivity contribution in [2.75, 3.05) is 13.1 Å². The van der Waals surface area contributed by atoms with Gasteiger partial charge in [0.15, 0.2) is 0 Å². The molecule has 2 rings (SSSR count). The van der Waals surface area contributed by atoms with Crippen molar-refractivity contribution >= 4 is 31.9 Å². The summed E-state index contributed by atoms with van der Waals surface area (Å²) in [7, 11) is -3.47. The van der Waals surface area contributed by atoms with E-state index in [-0.39, 0.29) is 16.8 Å². The third kappa shape index (κ3) is 5.65. The van der Waals surface area contributed by atoms with Crippen LogP contribution in [0.25, 0.3) is 0 Å². The molecule has 7 heteroatoms. The highest BCUT2D eigenvalue weighted by Gasteiger charge is 2.21. The lowest BCUT2D eigenvalue weighted by atomic mass is 10.1. The Morgan fingerprint density at radius 3 is 2.25 bits per heavy atom. The van der Waals surface area contributed by atoms with Crippen LogP contribution in [0.3, 0.4) is 0 Å². The number of benzene rings is 2. The molecular weight excluding hydrogens is 440 g/mol. The van der Waals surface area contributed by atoms with E-state index in [9.17, 15) is 13.2 Å². The summed E-state index contributed by atoms with van der Waals surface area (Å²) in [6.07, 6.45) is 1.04. The minimum Gasteiger partial charge on any atom is -0.350 e. The third-order valence-electron chi connectivity index (χ3n) is 4.68. The largest absolute Gasteiger partial charge is 0.350 e. The third-order valence-corrected chi connectivity index (χ3v) is 7.52. The zero-order valence-electron chi connectivity index (χ0n) is 16.5. The molecule has 0 saturated heterocycles. The molecular formula is C21H27BrN2O3S. The number of nitrogens with zero attached hydrogens (tertiary/aromatic N) is 1. The molecule has 1 atom stereocenters. The highest BCUT2D eigenvalue weighted by atomic mass is 79.9. The lowest BCUT2D eigenvalue weighted by Crippen LogP contribution is -2.30. The van der Waals surface area contributed by atoms with Crippen molar-refractivity contribution in [2.45, 2.75) is 44.6 Å². The molecule has 0 aliphatic carbocycles. The first-order valence-electron chi connectivity index (χ1n) is 9.42. The highest BCUT2D eigenvalue weighted by Crippen LogP contribution is 2.20. The van der Waals surface area contributed by atoms with Gasteiger partial charge in [0.05, 0.1) is 10.9 Å². The van der Waals surface area contributed by atoms with Gasteiger partial charge < -0.3 is 5.32 Å². The number of sulfonamides is 1. The van der Waals surface area contributed by atoms with Crippen LogP contribution in [-0.2, 0) is 21.2 Å². The van der Waals surface area contributed by atoms with Gasteiger partial charge in [-0.1, -0.05) is 60.1 Å². The number of rotatable bonds is 9. The molecule has 28 heavy (non-hydrogen) atoms. The molecule has 0 heterocycles. The molecule has 1 N–H and O–H groups in total. The zero-order valence-corrected chi connectivity index (χ0v) is 18.9. The summed E-state index contributed by atoms with van der Waals surface area (Å²) in [5.74, 6) is -0.0388. The standard InChI is InChI=1S/C21H27BrN2O3S/c1-4-24(5-2)28(26,27)19-13-10-17(11-14-19)16(3)23-21(25)15-12-18-8-6-7-9-20(18)22/h6-11,13-14,16H,4-5,12,15H2,1-3H3,(H,23,25). The van der Waals surface area contributed by atoms with E-state index in [1.807, 2.05) is 45.0 Å². The summed E-state index contributed by atoms with van der Waals surface area (Å²) >= 11 is 3.49. The fourth-order valence-electron chi connectivity index (χ4n) is 2.99. The van der Waals surface area contributed by atoms with Crippen LogP contribution in [0.4, 0.5) is 0 Å². The molecule has 0 fully saturated rings. The molecule has 152 valence electrons. The Kier molecular flexibility index (Phi) is 8.22. The summed E-state index contributed by atoms with van der Waals surface area (Å²) in [4.78, 5) is 12.5. The fourth-order valence-corrected chi connectivity index (χ4v) is 4.93. The van der Waals surface area contributed by atoms with Crippen molar-refractivity contribution < 1.29 is 13.2 Å². The van der Waals surface area contributed by atoms with Gasteiger partial charge in [0, 0.05) is 24.0 Å². The van der Waals surface area contributed by atoms with Gasteiger partial charge in [-0.15, -0.1) is 0 Å². The topological polar surface area (TPSA) is 66.5 Å². The molecule has 2 aromatic carbocycles. The van der Waals surface area contributed by atoms with Crippen molar-refractivity contribution in [1.82, 2.24) is 9.62 Å². The molecule has 1 amide bonds. The van der Waals surface area contributed by atoms with E-state index in [0.29, 0.717) is 25.9 Å². The van der Waals surface area contributed by atoms with Gasteiger partial charge in [-0.05, 0) is 42.7 Å². The molecule has 0 saturated carbocycles. The Hall–Kier alpha value is -1.70. The number of nitrogens with one attached hydrogen (secondary N) is 1. The predicted octanol–water partition coefficient (Wildman–Crippen LogP) is 4.29. The average molecular weight is 467 g/mol. The van der Waals surface area contributed by atoms with E-state index < -0.39 is 10.0 Å². The van der Waals surface area contributed by atoms with Gasteiger partial charge >= 0.3 is 0 Å². The smallest absolute Gasteiger partial charge is 0.243 e. The highest BCUT2D eigenvalue weighted by molar-refractivity contribution is 9.10. The molecule has 1 unspecified atom stereocenters. The Bertz CT molecular complexity index is 894. The van der Waals surface area contributed by atoms with Gasteiger partial charge in [-0.2, -0.15) is 4.31 Å². The fraction of sp³-hybridized carbons (Fsp3) is 0.381. The molecule has 0 aliphatic rings. The second-order valence-corrected chi connectivity index (χ2v) is 9.33. The molecule has 0 aliphatic heterocycles. The van der Waals surface area contributed by atoms with Crippen LogP contribution >= 0.6 is 15.9 Å². The van der Waals surface area contributed by atoms with Gasteiger partial charge in [0.1, 0.15) is 0 Å². The number of aryl methyl sites for hydroxylation is 1. The van der Waals surface area contributed by atoms with Gasteiger partial charge in [0.2, 0.25) is 15.9 Å². The molecule has 0 aromatic heterocycles. The number of hydrogen-bond acceptors (Lipinski definition) is 3. The normalized spacial score (nSPS) is 12.8. The number of hydrogen-bond donors (Lipinski definition) is 1. The first-order valence-corrected chi connectivity index (χ1v) is 11.7. The van der Waals surface area contributed by atoms with E-state index in [0.717, 1.165) is 15.6 Å². The van der Waals surface area contributed by atoms with Crippen molar-refractivity contribution in [3.05, 3.63) is 64.1 Å². The zero-order chi connectivity index (χ0) is 20.7. The summed E-state index contributed by atoms with van der Waals surface area (Å²) in [5, 5.41) is 2.98. The summed E-state index contributed by atoms with van der Waals surface area (Å²) < 4.78 is 27.5. The minimum atomic E-state index is -3.47. The van der Waals surface area contributed by atoms with Crippen LogP contribution in [0.5, 0.6) is 0 Å². The van der Waals surface area contributed by atoms with Gasteiger partial charge in [0.25, 0.3) is 0 Å². The maximum absolute atomic E-state index is 12.6. The Morgan fingerprint density at radius 1 is 1.07 bits per heavy atom. The average Bonchev–Trinajstić information content (AvgIpc) is 2.68. The molecule has 0 radical (unpaired) electrons. The quantitative estimate of drug-likeness (QED) is 0.599. The van der Waals surface area contributed by atoms with Crippen LogP contribution in [0.1, 0.15) is 44.4 Å². The Labute approximate surface area is 176 Å². The molecule has 0 bridgehead atoms. The van der Waals surface area contributed by atoms with Crippen molar-refractivity contribution in [2.24, 2.45) is 0 Å². The lowest BCUT2D eigenvalue weighted by Gasteiger charge is -2.19. The lowest BCUT2D eigenvalue weighted by molar-refractivity contribution is -0.121. The van der Waals surface area contributed by atoms with E-state index in [2.05, 4.69) is 21.2 Å². The maximum Gasteiger partial charge on any atom is 0.243 e. The molecule has 5 nitrogen and oxygen atoms in total. The Morgan fingerprint density at radius 2 is 1.68 bits per heavy atom.